The van der Waals surface area contributed by atoms with Gasteiger partial charge in [-0.2, -0.15) is 5.06 Å². The lowest BCUT2D eigenvalue weighted by Gasteiger charge is -2.30. The highest BCUT2D eigenvalue weighted by Gasteiger charge is 2.41. The predicted molar refractivity (Wildman–Crippen MR) is 43.2 cm³/mol. The van der Waals surface area contributed by atoms with Crippen LogP contribution in [-0.4, -0.2) is 45.8 Å². The van der Waals surface area contributed by atoms with Crippen molar-refractivity contribution in [1.29, 1.82) is 0 Å². The maximum Gasteiger partial charge on any atom is 0.396 e. The van der Waals surface area contributed by atoms with Gasteiger partial charge in [0, 0.05) is 0 Å². The van der Waals surface area contributed by atoms with Crippen molar-refractivity contribution < 1.29 is 29.4 Å². The second-order valence-corrected chi connectivity index (χ2v) is 2.95. The van der Waals surface area contributed by atoms with Crippen LogP contribution in [0.25, 0.3) is 0 Å². The van der Waals surface area contributed by atoms with Crippen LogP contribution in [0.4, 0.5) is 0 Å². The van der Waals surface area contributed by atoms with E-state index in [-0.39, 0.29) is 5.06 Å². The molecule has 0 bridgehead atoms. The monoisotopic (exact) mass is 205 g/mol. The summed E-state index contributed by atoms with van der Waals surface area (Å²) in [5, 5.41) is 17.4. The third kappa shape index (κ3) is 2.19. The Morgan fingerprint density at radius 3 is 1.86 bits per heavy atom. The molecule has 14 heavy (non-hydrogen) atoms. The van der Waals surface area contributed by atoms with Gasteiger partial charge in [-0.1, -0.05) is 0 Å². The molecule has 0 aromatic carbocycles. The molecule has 0 unspecified atom stereocenters. The lowest BCUT2D eigenvalue weighted by Crippen LogP contribution is -2.54. The van der Waals surface area contributed by atoms with Crippen LogP contribution < -0.4 is 0 Å². The topological polar surface area (TPSA) is 104 Å². The summed E-state index contributed by atoms with van der Waals surface area (Å²) in [6.45, 7) is 2.30. The molecule has 1 amide bonds. The minimum absolute atomic E-state index is 0.289. The molecule has 0 saturated carbocycles. The quantitative estimate of drug-likeness (QED) is 0.467. The molecular formula is C7H11NO6. The molecule has 80 valence electrons. The third-order valence-electron chi connectivity index (χ3n) is 1.58. The zero-order valence-corrected chi connectivity index (χ0v) is 7.97. The summed E-state index contributed by atoms with van der Waals surface area (Å²) in [5.41, 5.74) is -1.73. The molecule has 0 spiro atoms. The Hall–Kier alpha value is -1.63. The largest absolute Gasteiger partial charge is 0.479 e. The minimum Gasteiger partial charge on any atom is -0.479 e. The van der Waals surface area contributed by atoms with Crippen molar-refractivity contribution in [1.82, 2.24) is 5.06 Å². The number of amides is 1. The van der Waals surface area contributed by atoms with Gasteiger partial charge in [-0.05, 0) is 13.8 Å². The summed E-state index contributed by atoms with van der Waals surface area (Å²) in [6.07, 6.45) is 0. The van der Waals surface area contributed by atoms with Gasteiger partial charge < -0.3 is 10.2 Å². The van der Waals surface area contributed by atoms with Crippen molar-refractivity contribution in [2.75, 3.05) is 7.11 Å². The van der Waals surface area contributed by atoms with Gasteiger partial charge in [-0.25, -0.2) is 9.59 Å². The molecule has 0 saturated heterocycles. The summed E-state index contributed by atoms with van der Waals surface area (Å²) in [6, 6.07) is 0. The van der Waals surface area contributed by atoms with Crippen LogP contribution in [0, 0.1) is 0 Å². The number of rotatable bonds is 3. The molecule has 0 aliphatic heterocycles. The number of nitrogens with zero attached hydrogens (tertiary/aromatic N) is 1. The van der Waals surface area contributed by atoms with Gasteiger partial charge in [0.15, 0.2) is 5.54 Å². The highest BCUT2D eigenvalue weighted by atomic mass is 16.7. The highest BCUT2D eigenvalue weighted by molar-refractivity contribution is 6.31. The van der Waals surface area contributed by atoms with Gasteiger partial charge in [0.2, 0.25) is 0 Å². The summed E-state index contributed by atoms with van der Waals surface area (Å²) >= 11 is 0. The lowest BCUT2D eigenvalue weighted by molar-refractivity contribution is -0.214. The molecule has 0 aliphatic carbocycles. The van der Waals surface area contributed by atoms with E-state index in [1.807, 2.05) is 0 Å². The first-order valence-electron chi connectivity index (χ1n) is 3.60. The molecule has 0 heterocycles. The molecule has 7 nitrogen and oxygen atoms in total. The molecule has 0 radical (unpaired) electrons. The van der Waals surface area contributed by atoms with Crippen molar-refractivity contribution in [2.45, 2.75) is 19.4 Å². The van der Waals surface area contributed by atoms with E-state index in [0.717, 1.165) is 21.0 Å². The molecule has 0 fully saturated rings. The lowest BCUT2D eigenvalue weighted by atomic mass is 10.1. The van der Waals surface area contributed by atoms with E-state index >= 15 is 0 Å². The Bertz CT molecular complexity index is 271. The Balaban J connectivity index is 4.99. The van der Waals surface area contributed by atoms with Crippen LogP contribution in [0.2, 0.25) is 0 Å². The first-order chi connectivity index (χ1) is 6.25. The standard InChI is InChI=1S/C7H11NO6/c1-7(2,6(12)13)8(14-3)4(9)5(10)11/h1-3H3,(H,10,11)(H,12,13). The molecular weight excluding hydrogens is 194 g/mol. The second-order valence-electron chi connectivity index (χ2n) is 2.95. The summed E-state index contributed by atoms with van der Waals surface area (Å²) in [4.78, 5) is 36.4. The number of hydroxylamine groups is 2. The van der Waals surface area contributed by atoms with Gasteiger partial charge in [0.1, 0.15) is 0 Å². The first kappa shape index (κ1) is 12.4. The third-order valence-corrected chi connectivity index (χ3v) is 1.58. The van der Waals surface area contributed by atoms with Crippen molar-refractivity contribution >= 4 is 17.8 Å². The van der Waals surface area contributed by atoms with Crippen LogP contribution >= 0.6 is 0 Å². The summed E-state index contributed by atoms with van der Waals surface area (Å²) < 4.78 is 0. The first-order valence-corrected chi connectivity index (χ1v) is 3.60. The smallest absolute Gasteiger partial charge is 0.396 e. The Morgan fingerprint density at radius 1 is 1.21 bits per heavy atom. The predicted octanol–water partition coefficient (Wildman–Crippen LogP) is -0.676. The fourth-order valence-electron chi connectivity index (χ4n) is 0.739. The Labute approximate surface area is 79.8 Å². The normalized spacial score (nSPS) is 10.8. The van der Waals surface area contributed by atoms with E-state index in [2.05, 4.69) is 4.84 Å². The van der Waals surface area contributed by atoms with Crippen LogP contribution in [0.15, 0.2) is 0 Å². The van der Waals surface area contributed by atoms with Crippen molar-refractivity contribution in [3.8, 4) is 0 Å². The van der Waals surface area contributed by atoms with Crippen molar-refractivity contribution in [3.63, 3.8) is 0 Å². The van der Waals surface area contributed by atoms with Crippen LogP contribution in [0.3, 0.4) is 0 Å². The summed E-state index contributed by atoms with van der Waals surface area (Å²) in [7, 11) is 1.02. The van der Waals surface area contributed by atoms with Gasteiger partial charge in [-0.15, -0.1) is 0 Å². The van der Waals surface area contributed by atoms with Crippen molar-refractivity contribution in [3.05, 3.63) is 0 Å². The van der Waals surface area contributed by atoms with E-state index in [4.69, 9.17) is 10.2 Å². The zero-order chi connectivity index (χ0) is 11.5. The molecule has 0 aliphatic rings. The van der Waals surface area contributed by atoms with Crippen LogP contribution in [0.1, 0.15) is 13.8 Å². The average molecular weight is 205 g/mol. The van der Waals surface area contributed by atoms with E-state index in [0.29, 0.717) is 0 Å². The molecule has 2 N–H and O–H groups in total. The molecule has 0 rings (SSSR count). The number of hydrogen-bond acceptors (Lipinski definition) is 4. The number of hydrogen-bond donors (Lipinski definition) is 2. The van der Waals surface area contributed by atoms with Gasteiger partial charge >= 0.3 is 17.8 Å². The maximum absolute atomic E-state index is 11.0. The fourth-order valence-corrected chi connectivity index (χ4v) is 0.739. The number of aliphatic carboxylic acids is 2. The van der Waals surface area contributed by atoms with E-state index in [9.17, 15) is 14.4 Å². The summed E-state index contributed by atoms with van der Waals surface area (Å²) in [5.74, 6) is -4.57. The molecule has 0 atom stereocenters. The average Bonchev–Trinajstić information content (AvgIpc) is 2.04. The fraction of sp³-hybridized carbons (Fsp3) is 0.571. The van der Waals surface area contributed by atoms with Crippen LogP contribution in [-0.2, 0) is 19.2 Å². The van der Waals surface area contributed by atoms with Crippen molar-refractivity contribution in [2.24, 2.45) is 0 Å². The van der Waals surface area contributed by atoms with Crippen LogP contribution in [0.5, 0.6) is 0 Å². The number of carboxylic acids is 2. The molecule has 7 heteroatoms. The minimum atomic E-state index is -1.78. The number of carbonyl (C=O) groups excluding carboxylic acids is 1. The SMILES string of the molecule is CON(C(=O)C(=O)O)C(C)(C)C(=O)O. The second kappa shape index (κ2) is 4.05. The van der Waals surface area contributed by atoms with E-state index in [1.165, 1.54) is 0 Å². The number of carboxylic acid groups (broad SMARTS) is 2. The molecule has 0 aromatic heterocycles. The van der Waals surface area contributed by atoms with E-state index in [1.54, 1.807) is 0 Å². The Kier molecular flexibility index (Phi) is 3.58. The van der Waals surface area contributed by atoms with E-state index < -0.39 is 23.4 Å². The zero-order valence-electron chi connectivity index (χ0n) is 7.97. The Morgan fingerprint density at radius 2 is 1.64 bits per heavy atom. The maximum atomic E-state index is 11.0. The van der Waals surface area contributed by atoms with Gasteiger partial charge in [0.25, 0.3) is 0 Å². The number of carbonyl (C=O) groups is 3. The molecule has 0 aromatic rings. The highest BCUT2D eigenvalue weighted by Crippen LogP contribution is 2.14. The van der Waals surface area contributed by atoms with Gasteiger partial charge in [-0.3, -0.25) is 9.63 Å². The van der Waals surface area contributed by atoms with Gasteiger partial charge in [0.05, 0.1) is 7.11 Å².